The Morgan fingerprint density at radius 1 is 1.13 bits per heavy atom. The van der Waals surface area contributed by atoms with E-state index in [1.54, 1.807) is 12.1 Å². The molecular weight excluding hydrogens is 402 g/mol. The molecular formula is C21H25N5O3S. The maximum absolute atomic E-state index is 13.1. The van der Waals surface area contributed by atoms with Crippen LogP contribution in [0.15, 0.2) is 35.2 Å². The molecule has 1 aliphatic heterocycles. The third kappa shape index (κ3) is 4.61. The van der Waals surface area contributed by atoms with Crippen LogP contribution in [0.25, 0.3) is 0 Å². The molecule has 0 aliphatic carbocycles. The Balaban J connectivity index is 1.80. The summed E-state index contributed by atoms with van der Waals surface area (Å²) < 4.78 is 27.7. The summed E-state index contributed by atoms with van der Waals surface area (Å²) in [5, 5.41) is 12.2. The number of hydrogen-bond acceptors (Lipinski definition) is 6. The van der Waals surface area contributed by atoms with Crippen molar-refractivity contribution in [3.8, 4) is 6.07 Å². The van der Waals surface area contributed by atoms with Gasteiger partial charge in [0, 0.05) is 44.5 Å². The summed E-state index contributed by atoms with van der Waals surface area (Å²) in [6.07, 6.45) is 0.628. The van der Waals surface area contributed by atoms with Crippen molar-refractivity contribution in [1.82, 2.24) is 9.29 Å². The lowest BCUT2D eigenvalue weighted by Crippen LogP contribution is -2.35. The smallest absolute Gasteiger partial charge is 0.243 e. The molecule has 0 radical (unpaired) electrons. The molecule has 1 aromatic carbocycles. The van der Waals surface area contributed by atoms with Crippen LogP contribution in [0.5, 0.6) is 0 Å². The Hall–Kier alpha value is -2.96. The van der Waals surface area contributed by atoms with E-state index in [2.05, 4.69) is 16.4 Å². The average Bonchev–Trinajstić information content (AvgIpc) is 2.94. The summed E-state index contributed by atoms with van der Waals surface area (Å²) in [7, 11) is -3.66. The monoisotopic (exact) mass is 427 g/mol. The van der Waals surface area contributed by atoms with Gasteiger partial charge < -0.3 is 10.2 Å². The fourth-order valence-corrected chi connectivity index (χ4v) is 5.06. The summed E-state index contributed by atoms with van der Waals surface area (Å²) in [5.41, 5.74) is 2.78. The summed E-state index contributed by atoms with van der Waals surface area (Å²) in [6.45, 7) is 6.93. The highest BCUT2D eigenvalue weighted by Gasteiger charge is 2.28. The minimum absolute atomic E-state index is 0.187. The van der Waals surface area contributed by atoms with Crippen LogP contribution in [0, 0.1) is 25.2 Å². The largest absolute Gasteiger partial charge is 0.354 e. The normalized spacial score (nSPS) is 15.3. The number of nitrogens with one attached hydrogen (secondary N) is 1. The number of aromatic nitrogens is 1. The van der Waals surface area contributed by atoms with Crippen molar-refractivity contribution in [2.75, 3.05) is 36.4 Å². The van der Waals surface area contributed by atoms with Crippen LogP contribution in [0.1, 0.15) is 30.2 Å². The van der Waals surface area contributed by atoms with Crippen molar-refractivity contribution in [3.05, 3.63) is 47.2 Å². The predicted octanol–water partition coefficient (Wildman–Crippen LogP) is 2.43. The summed E-state index contributed by atoms with van der Waals surface area (Å²) in [5.74, 6) is 0.406. The fraction of sp³-hybridized carbons (Fsp3) is 0.381. The first-order chi connectivity index (χ1) is 14.2. The van der Waals surface area contributed by atoms with Crippen LogP contribution >= 0.6 is 0 Å². The molecule has 3 rings (SSSR count). The van der Waals surface area contributed by atoms with Gasteiger partial charge in [-0.2, -0.15) is 9.57 Å². The number of carbonyl (C=O) groups is 1. The van der Waals surface area contributed by atoms with E-state index in [9.17, 15) is 18.5 Å². The van der Waals surface area contributed by atoms with Crippen LogP contribution in [0.3, 0.4) is 0 Å². The SMILES string of the molecule is CC(=O)Nc1ccc(S(=O)(=O)N2CCCN(c3nc(C)cc(C)c3C#N)CC2)cc1. The highest BCUT2D eigenvalue weighted by atomic mass is 32.2. The van der Waals surface area contributed by atoms with Crippen molar-refractivity contribution in [2.45, 2.75) is 32.1 Å². The number of sulfonamides is 1. The Morgan fingerprint density at radius 2 is 1.83 bits per heavy atom. The molecule has 1 fully saturated rings. The van der Waals surface area contributed by atoms with Crippen LogP contribution in [-0.4, -0.2) is 49.8 Å². The van der Waals surface area contributed by atoms with Gasteiger partial charge in [-0.25, -0.2) is 13.4 Å². The van der Waals surface area contributed by atoms with E-state index >= 15 is 0 Å². The number of carbonyl (C=O) groups excluding carboxylic acids is 1. The van der Waals surface area contributed by atoms with E-state index in [-0.39, 0.29) is 10.8 Å². The molecule has 1 amide bonds. The fourth-order valence-electron chi connectivity index (χ4n) is 3.59. The Kier molecular flexibility index (Phi) is 6.39. The first-order valence-corrected chi connectivity index (χ1v) is 11.2. The number of hydrogen-bond donors (Lipinski definition) is 1. The topological polar surface area (TPSA) is 106 Å². The zero-order valence-electron chi connectivity index (χ0n) is 17.3. The van der Waals surface area contributed by atoms with Crippen LogP contribution < -0.4 is 10.2 Å². The van der Waals surface area contributed by atoms with Crippen LogP contribution in [-0.2, 0) is 14.8 Å². The van der Waals surface area contributed by atoms with Gasteiger partial charge in [-0.1, -0.05) is 0 Å². The summed E-state index contributed by atoms with van der Waals surface area (Å²) in [6, 6.07) is 10.3. The first-order valence-electron chi connectivity index (χ1n) is 9.73. The average molecular weight is 428 g/mol. The lowest BCUT2D eigenvalue weighted by molar-refractivity contribution is -0.114. The number of rotatable bonds is 4. The molecule has 30 heavy (non-hydrogen) atoms. The minimum Gasteiger partial charge on any atom is -0.354 e. The van der Waals surface area contributed by atoms with Crippen LogP contribution in [0.4, 0.5) is 11.5 Å². The van der Waals surface area contributed by atoms with Gasteiger partial charge in [0.2, 0.25) is 15.9 Å². The van der Waals surface area contributed by atoms with Crippen molar-refractivity contribution in [3.63, 3.8) is 0 Å². The molecule has 2 heterocycles. The molecule has 1 N–H and O–H groups in total. The predicted molar refractivity (Wildman–Crippen MR) is 115 cm³/mol. The quantitative estimate of drug-likeness (QED) is 0.803. The maximum atomic E-state index is 13.1. The number of amides is 1. The zero-order valence-corrected chi connectivity index (χ0v) is 18.2. The Bertz CT molecular complexity index is 1090. The van der Waals surface area contributed by atoms with Gasteiger partial charge in [-0.15, -0.1) is 0 Å². The standard InChI is InChI=1S/C21H25N5O3S/c1-15-13-16(2)23-21(20(15)14-22)25-9-4-10-26(12-11-25)30(28,29)19-7-5-18(6-8-19)24-17(3)27/h5-8,13H,4,9-12H2,1-3H3,(H,24,27). The van der Waals surface area contributed by atoms with Crippen molar-refractivity contribution >= 4 is 27.4 Å². The zero-order chi connectivity index (χ0) is 21.9. The molecule has 8 nitrogen and oxygen atoms in total. The second-order valence-corrected chi connectivity index (χ2v) is 9.28. The van der Waals surface area contributed by atoms with Gasteiger partial charge in [0.25, 0.3) is 0 Å². The van der Waals surface area contributed by atoms with Crippen molar-refractivity contribution in [1.29, 1.82) is 5.26 Å². The van der Waals surface area contributed by atoms with Crippen LogP contribution in [0.2, 0.25) is 0 Å². The van der Waals surface area contributed by atoms with E-state index in [1.165, 1.54) is 23.4 Å². The molecule has 1 aromatic heterocycles. The molecule has 0 spiro atoms. The molecule has 1 aliphatic rings. The number of nitrogens with zero attached hydrogens (tertiary/aromatic N) is 4. The molecule has 0 saturated carbocycles. The van der Waals surface area contributed by atoms with E-state index in [0.29, 0.717) is 49.7 Å². The van der Waals surface area contributed by atoms with E-state index in [4.69, 9.17) is 0 Å². The molecule has 9 heteroatoms. The summed E-state index contributed by atoms with van der Waals surface area (Å²) >= 11 is 0. The van der Waals surface area contributed by atoms with Gasteiger partial charge in [-0.05, 0) is 56.2 Å². The number of nitriles is 1. The second kappa shape index (κ2) is 8.81. The van der Waals surface area contributed by atoms with Crippen molar-refractivity contribution < 1.29 is 13.2 Å². The maximum Gasteiger partial charge on any atom is 0.243 e. The molecule has 1 saturated heterocycles. The molecule has 0 atom stereocenters. The van der Waals surface area contributed by atoms with Gasteiger partial charge >= 0.3 is 0 Å². The molecule has 0 unspecified atom stereocenters. The van der Waals surface area contributed by atoms with E-state index in [1.807, 2.05) is 24.8 Å². The van der Waals surface area contributed by atoms with E-state index < -0.39 is 10.0 Å². The van der Waals surface area contributed by atoms with Gasteiger partial charge in [-0.3, -0.25) is 4.79 Å². The van der Waals surface area contributed by atoms with Gasteiger partial charge in [0.1, 0.15) is 11.9 Å². The molecule has 158 valence electrons. The number of aryl methyl sites for hydroxylation is 2. The highest BCUT2D eigenvalue weighted by molar-refractivity contribution is 7.89. The third-order valence-electron chi connectivity index (χ3n) is 5.00. The number of benzene rings is 1. The lowest BCUT2D eigenvalue weighted by atomic mass is 10.1. The Labute approximate surface area is 177 Å². The highest BCUT2D eigenvalue weighted by Crippen LogP contribution is 2.25. The number of anilines is 2. The second-order valence-electron chi connectivity index (χ2n) is 7.34. The van der Waals surface area contributed by atoms with E-state index in [0.717, 1.165) is 11.3 Å². The third-order valence-corrected chi connectivity index (χ3v) is 6.92. The number of pyridine rings is 1. The van der Waals surface area contributed by atoms with Gasteiger partial charge in [0.05, 0.1) is 10.5 Å². The lowest BCUT2D eigenvalue weighted by Gasteiger charge is -2.24. The minimum atomic E-state index is -3.66. The molecule has 2 aromatic rings. The Morgan fingerprint density at radius 3 is 2.47 bits per heavy atom. The molecule has 0 bridgehead atoms. The first kappa shape index (κ1) is 21.7. The van der Waals surface area contributed by atoms with Gasteiger partial charge in [0.15, 0.2) is 0 Å². The van der Waals surface area contributed by atoms with Crippen molar-refractivity contribution in [2.24, 2.45) is 0 Å². The summed E-state index contributed by atoms with van der Waals surface area (Å²) in [4.78, 5) is 17.9.